The molecule has 2 N–H and O–H groups in total. The lowest BCUT2D eigenvalue weighted by Crippen LogP contribution is -2.39. The predicted octanol–water partition coefficient (Wildman–Crippen LogP) is 2.42. The van der Waals surface area contributed by atoms with Crippen molar-refractivity contribution in [3.63, 3.8) is 0 Å². The average molecular weight is 341 g/mol. The lowest BCUT2D eigenvalue weighted by molar-refractivity contribution is -0.164. The van der Waals surface area contributed by atoms with Crippen LogP contribution < -0.4 is 15.8 Å². The zero-order valence-corrected chi connectivity index (χ0v) is 14.6. The number of benzene rings is 1. The van der Waals surface area contributed by atoms with Gasteiger partial charge < -0.3 is 24.7 Å². The third-order valence-corrected chi connectivity index (χ3v) is 5.13. The molecule has 1 aromatic carbocycles. The number of rotatable bonds is 3. The summed E-state index contributed by atoms with van der Waals surface area (Å²) in [7, 11) is 3.89. The molecule has 0 bridgehead atoms. The van der Waals surface area contributed by atoms with E-state index in [0.29, 0.717) is 19.6 Å². The van der Waals surface area contributed by atoms with Gasteiger partial charge in [-0.15, -0.1) is 0 Å². The highest BCUT2D eigenvalue weighted by molar-refractivity contribution is 5.77. The second-order valence-corrected chi connectivity index (χ2v) is 6.59. The molecule has 0 amide bonds. The lowest BCUT2D eigenvalue weighted by atomic mass is 9.89. The summed E-state index contributed by atoms with van der Waals surface area (Å²) in [5, 5.41) is 3.21. The molecule has 1 saturated heterocycles. The van der Waals surface area contributed by atoms with Gasteiger partial charge in [-0.2, -0.15) is 0 Å². The van der Waals surface area contributed by atoms with Gasteiger partial charge in [-0.25, -0.2) is 0 Å². The summed E-state index contributed by atoms with van der Waals surface area (Å²) in [4.78, 5) is 17.3. The summed E-state index contributed by atoms with van der Waals surface area (Å²) < 4.78 is 11.8. The van der Waals surface area contributed by atoms with Crippen molar-refractivity contribution < 1.29 is 9.47 Å². The average Bonchev–Trinajstić information content (AvgIpc) is 3.09. The molecular formula is C19H23N3O3. The van der Waals surface area contributed by atoms with Crippen LogP contribution in [0.25, 0.3) is 0 Å². The molecule has 2 aromatic rings. The van der Waals surface area contributed by atoms with Crippen LogP contribution in [0.15, 0.2) is 35.1 Å². The molecule has 25 heavy (non-hydrogen) atoms. The normalized spacial score (nSPS) is 18.2. The molecule has 1 aromatic heterocycles. The highest BCUT2D eigenvalue weighted by Gasteiger charge is 2.41. The minimum Gasteiger partial charge on any atom is -0.386 e. The Balaban J connectivity index is 1.80. The largest absolute Gasteiger partial charge is 0.386 e. The van der Waals surface area contributed by atoms with Crippen LogP contribution in [0.3, 0.4) is 0 Å². The number of aromatic nitrogens is 1. The molecule has 1 spiro atoms. The number of ether oxygens (including phenoxy) is 2. The Kier molecular flexibility index (Phi) is 4.01. The number of nitrogens with one attached hydrogen (secondary N) is 2. The molecule has 0 atom stereocenters. The highest BCUT2D eigenvalue weighted by Crippen LogP contribution is 2.40. The summed E-state index contributed by atoms with van der Waals surface area (Å²) in [6, 6.07) is 9.72. The minimum atomic E-state index is -0.538. The van der Waals surface area contributed by atoms with Crippen molar-refractivity contribution in [2.45, 2.75) is 25.0 Å². The maximum Gasteiger partial charge on any atom is 0.250 e. The van der Waals surface area contributed by atoms with Crippen molar-refractivity contribution in [1.29, 1.82) is 0 Å². The second kappa shape index (κ2) is 6.20. The van der Waals surface area contributed by atoms with Crippen molar-refractivity contribution in [1.82, 2.24) is 4.98 Å². The molecular weight excluding hydrogens is 318 g/mol. The molecule has 132 valence electrons. The number of anilines is 3. The van der Waals surface area contributed by atoms with Crippen molar-refractivity contribution in [2.75, 3.05) is 37.5 Å². The number of aromatic amines is 1. The maximum atomic E-state index is 12.2. The summed E-state index contributed by atoms with van der Waals surface area (Å²) >= 11 is 0. The summed E-state index contributed by atoms with van der Waals surface area (Å²) in [5.41, 5.74) is 4.94. The first kappa shape index (κ1) is 16.2. The van der Waals surface area contributed by atoms with Crippen LogP contribution in [0.5, 0.6) is 0 Å². The number of pyridine rings is 1. The van der Waals surface area contributed by atoms with E-state index in [9.17, 15) is 4.79 Å². The van der Waals surface area contributed by atoms with E-state index in [4.69, 9.17) is 9.47 Å². The predicted molar refractivity (Wildman–Crippen MR) is 97.8 cm³/mol. The van der Waals surface area contributed by atoms with Crippen LogP contribution in [0, 0.1) is 0 Å². The van der Waals surface area contributed by atoms with Gasteiger partial charge >= 0.3 is 0 Å². The Morgan fingerprint density at radius 2 is 1.96 bits per heavy atom. The SMILES string of the molecule is CNc1ccccc1N(C)c1cc(=O)[nH]c2c1CC1(CC2)OCCO1. The fourth-order valence-corrected chi connectivity index (χ4v) is 3.86. The Labute approximate surface area is 146 Å². The van der Waals surface area contributed by atoms with Gasteiger partial charge in [-0.3, -0.25) is 4.79 Å². The van der Waals surface area contributed by atoms with Crippen LogP contribution in [-0.4, -0.2) is 38.1 Å². The minimum absolute atomic E-state index is 0.0771. The molecule has 2 heterocycles. The summed E-state index contributed by atoms with van der Waals surface area (Å²) in [5.74, 6) is -0.538. The molecule has 0 saturated carbocycles. The fraction of sp³-hybridized carbons (Fsp3) is 0.421. The molecule has 6 nitrogen and oxygen atoms in total. The standard InChI is InChI=1S/C19H23N3O3/c1-20-15-5-3-4-6-16(15)22(2)17-11-18(23)21-14-7-8-19(12-13(14)17)24-9-10-25-19/h3-6,11,20H,7-10,12H2,1-2H3,(H,21,23). The smallest absolute Gasteiger partial charge is 0.250 e. The van der Waals surface area contributed by atoms with Crippen LogP contribution in [0.4, 0.5) is 17.1 Å². The number of nitrogens with zero attached hydrogens (tertiary/aromatic N) is 1. The Bertz CT molecular complexity index is 840. The zero-order chi connectivity index (χ0) is 17.4. The van der Waals surface area contributed by atoms with E-state index >= 15 is 0 Å². The van der Waals surface area contributed by atoms with E-state index in [1.165, 1.54) is 0 Å². The van der Waals surface area contributed by atoms with Gasteiger partial charge in [0.25, 0.3) is 0 Å². The molecule has 1 aliphatic carbocycles. The number of aryl methyl sites for hydroxylation is 1. The molecule has 1 fully saturated rings. The number of para-hydroxylation sites is 2. The monoisotopic (exact) mass is 341 g/mol. The Hall–Kier alpha value is -2.31. The quantitative estimate of drug-likeness (QED) is 0.897. The van der Waals surface area contributed by atoms with Crippen molar-refractivity contribution in [2.24, 2.45) is 0 Å². The van der Waals surface area contributed by atoms with Crippen LogP contribution in [-0.2, 0) is 22.3 Å². The first-order chi connectivity index (χ1) is 12.1. The molecule has 4 rings (SSSR count). The van der Waals surface area contributed by atoms with Crippen LogP contribution in [0.2, 0.25) is 0 Å². The van der Waals surface area contributed by atoms with Crippen molar-refractivity contribution >= 4 is 17.1 Å². The molecule has 1 aliphatic heterocycles. The van der Waals surface area contributed by atoms with E-state index in [1.807, 2.05) is 38.4 Å². The van der Waals surface area contributed by atoms with E-state index in [2.05, 4.69) is 15.2 Å². The van der Waals surface area contributed by atoms with Crippen LogP contribution in [0.1, 0.15) is 17.7 Å². The highest BCUT2D eigenvalue weighted by atomic mass is 16.7. The molecule has 0 unspecified atom stereocenters. The number of H-pyrrole nitrogens is 1. The molecule has 0 radical (unpaired) electrons. The third-order valence-electron chi connectivity index (χ3n) is 5.13. The van der Waals surface area contributed by atoms with Gasteiger partial charge in [-0.05, 0) is 18.6 Å². The van der Waals surface area contributed by atoms with Gasteiger partial charge in [0.2, 0.25) is 5.56 Å². The topological polar surface area (TPSA) is 66.6 Å². The summed E-state index contributed by atoms with van der Waals surface area (Å²) in [6.45, 7) is 1.26. The van der Waals surface area contributed by atoms with E-state index < -0.39 is 5.79 Å². The number of hydrogen-bond donors (Lipinski definition) is 2. The van der Waals surface area contributed by atoms with Crippen LogP contribution >= 0.6 is 0 Å². The molecule has 6 heteroatoms. The van der Waals surface area contributed by atoms with Gasteiger partial charge in [-0.1, -0.05) is 12.1 Å². The fourth-order valence-electron chi connectivity index (χ4n) is 3.86. The Morgan fingerprint density at radius 3 is 2.72 bits per heavy atom. The van der Waals surface area contributed by atoms with Gasteiger partial charge in [0.1, 0.15) is 0 Å². The van der Waals surface area contributed by atoms with Gasteiger partial charge in [0, 0.05) is 44.3 Å². The molecule has 2 aliphatic rings. The summed E-state index contributed by atoms with van der Waals surface area (Å²) in [6.07, 6.45) is 2.18. The van der Waals surface area contributed by atoms with Gasteiger partial charge in [0.05, 0.1) is 30.3 Å². The van der Waals surface area contributed by atoms with Crippen molar-refractivity contribution in [3.8, 4) is 0 Å². The Morgan fingerprint density at radius 1 is 1.20 bits per heavy atom. The first-order valence-electron chi connectivity index (χ1n) is 8.65. The second-order valence-electron chi connectivity index (χ2n) is 6.59. The van der Waals surface area contributed by atoms with E-state index in [1.54, 1.807) is 6.07 Å². The lowest BCUT2D eigenvalue weighted by Gasteiger charge is -2.35. The van der Waals surface area contributed by atoms with Crippen molar-refractivity contribution in [3.05, 3.63) is 51.9 Å². The van der Waals surface area contributed by atoms with Gasteiger partial charge in [0.15, 0.2) is 5.79 Å². The number of fused-ring (bicyclic) bond motifs is 1. The maximum absolute atomic E-state index is 12.2. The number of hydrogen-bond acceptors (Lipinski definition) is 5. The van der Waals surface area contributed by atoms with E-state index in [0.717, 1.165) is 41.2 Å². The first-order valence-corrected chi connectivity index (χ1v) is 8.65. The third kappa shape index (κ3) is 2.81. The van der Waals surface area contributed by atoms with E-state index in [-0.39, 0.29) is 5.56 Å². The zero-order valence-electron chi connectivity index (χ0n) is 14.6.